The van der Waals surface area contributed by atoms with Gasteiger partial charge in [-0.3, -0.25) is 14.2 Å². The summed E-state index contributed by atoms with van der Waals surface area (Å²) in [5, 5.41) is 12.5. The first-order valence-electron chi connectivity index (χ1n) is 10.8. The number of nitrogens with one attached hydrogen (secondary N) is 1. The highest BCUT2D eigenvalue weighted by molar-refractivity contribution is 6.13. The first-order valence-corrected chi connectivity index (χ1v) is 10.8. The van der Waals surface area contributed by atoms with E-state index in [0.717, 1.165) is 27.9 Å². The Labute approximate surface area is 191 Å². The van der Waals surface area contributed by atoms with Crippen LogP contribution in [0.25, 0.3) is 22.2 Å². The van der Waals surface area contributed by atoms with Crippen LogP contribution in [0.5, 0.6) is 0 Å². The van der Waals surface area contributed by atoms with Crippen molar-refractivity contribution in [2.45, 2.75) is 20.4 Å². The summed E-state index contributed by atoms with van der Waals surface area (Å²) >= 11 is 0. The Morgan fingerprint density at radius 1 is 1.00 bits per heavy atom. The molecule has 33 heavy (non-hydrogen) atoms. The van der Waals surface area contributed by atoms with E-state index in [4.69, 9.17) is 4.98 Å². The molecular weight excluding hydrogens is 412 g/mol. The zero-order chi connectivity index (χ0) is 22.9. The van der Waals surface area contributed by atoms with Crippen molar-refractivity contribution in [2.24, 2.45) is 7.05 Å². The molecule has 2 aromatic carbocycles. The molecule has 0 spiro atoms. The van der Waals surface area contributed by atoms with Gasteiger partial charge in [0.2, 0.25) is 0 Å². The predicted molar refractivity (Wildman–Crippen MR) is 129 cm³/mol. The van der Waals surface area contributed by atoms with Crippen LogP contribution < -0.4 is 5.32 Å². The van der Waals surface area contributed by atoms with Gasteiger partial charge in [0, 0.05) is 29.9 Å². The lowest BCUT2D eigenvalue weighted by Gasteiger charge is -2.10. The average Bonchev–Trinajstić information content (AvgIpc) is 3.40. The van der Waals surface area contributed by atoms with Crippen LogP contribution in [0.4, 0.5) is 5.69 Å². The summed E-state index contributed by atoms with van der Waals surface area (Å²) in [7, 11) is 1.89. The maximum atomic E-state index is 13.3. The molecule has 3 heterocycles. The van der Waals surface area contributed by atoms with Gasteiger partial charge in [-0.2, -0.15) is 10.2 Å². The number of carbonyl (C=O) groups is 1. The summed E-state index contributed by atoms with van der Waals surface area (Å²) < 4.78 is 3.63. The molecule has 0 atom stereocenters. The van der Waals surface area contributed by atoms with E-state index in [2.05, 4.69) is 34.6 Å². The Morgan fingerprint density at radius 2 is 1.79 bits per heavy atom. The van der Waals surface area contributed by atoms with Crippen LogP contribution >= 0.6 is 0 Å². The van der Waals surface area contributed by atoms with Gasteiger partial charge in [0.15, 0.2) is 0 Å². The monoisotopic (exact) mass is 436 g/mol. The quantitative estimate of drug-likeness (QED) is 0.431. The second-order valence-electron chi connectivity index (χ2n) is 8.15. The highest BCUT2D eigenvalue weighted by Crippen LogP contribution is 2.27. The number of carbonyl (C=O) groups excluding carboxylic acids is 1. The van der Waals surface area contributed by atoms with Crippen LogP contribution in [0.3, 0.4) is 0 Å². The predicted octanol–water partition coefficient (Wildman–Crippen LogP) is 4.75. The van der Waals surface area contributed by atoms with Crippen LogP contribution in [-0.4, -0.2) is 30.5 Å². The molecule has 0 radical (unpaired) electrons. The molecule has 0 unspecified atom stereocenters. The largest absolute Gasteiger partial charge is 0.319 e. The van der Waals surface area contributed by atoms with Crippen LogP contribution in [0, 0.1) is 13.8 Å². The maximum Gasteiger partial charge on any atom is 0.256 e. The minimum Gasteiger partial charge on any atom is -0.319 e. The van der Waals surface area contributed by atoms with Gasteiger partial charge in [-0.1, -0.05) is 42.5 Å². The number of aromatic nitrogens is 5. The van der Waals surface area contributed by atoms with E-state index in [9.17, 15) is 4.79 Å². The summed E-state index contributed by atoms with van der Waals surface area (Å²) in [5.74, 6) is -0.202. The Kier molecular flexibility index (Phi) is 5.22. The molecule has 0 saturated heterocycles. The third kappa shape index (κ3) is 4.01. The lowest BCUT2D eigenvalue weighted by Crippen LogP contribution is -2.13. The summed E-state index contributed by atoms with van der Waals surface area (Å²) in [6.45, 7) is 4.71. The van der Waals surface area contributed by atoms with Crippen molar-refractivity contribution in [3.05, 3.63) is 95.6 Å². The third-order valence-electron chi connectivity index (χ3n) is 5.96. The Morgan fingerprint density at radius 3 is 2.58 bits per heavy atom. The van der Waals surface area contributed by atoms with Crippen molar-refractivity contribution < 1.29 is 4.79 Å². The lowest BCUT2D eigenvalue weighted by molar-refractivity contribution is 0.102. The molecule has 0 aliphatic carbocycles. The molecule has 0 saturated carbocycles. The minimum absolute atomic E-state index is 0.202. The van der Waals surface area contributed by atoms with E-state index in [1.54, 1.807) is 17.1 Å². The fourth-order valence-corrected chi connectivity index (χ4v) is 3.93. The number of hydrogen-bond donors (Lipinski definition) is 1. The van der Waals surface area contributed by atoms with Crippen molar-refractivity contribution in [3.8, 4) is 11.3 Å². The summed E-state index contributed by atoms with van der Waals surface area (Å²) in [6, 6.07) is 17.7. The molecule has 0 fully saturated rings. The number of amides is 1. The number of fused-ring (bicyclic) bond motifs is 1. The van der Waals surface area contributed by atoms with Gasteiger partial charge in [-0.05, 0) is 37.1 Å². The Hall–Kier alpha value is -4.26. The number of nitrogens with zero attached hydrogens (tertiary/aromatic N) is 5. The second kappa shape index (κ2) is 8.35. The molecule has 5 rings (SSSR count). The van der Waals surface area contributed by atoms with Crippen LogP contribution in [0.2, 0.25) is 0 Å². The van der Waals surface area contributed by atoms with E-state index in [1.165, 1.54) is 11.1 Å². The lowest BCUT2D eigenvalue weighted by atomic mass is 10.0. The standard InChI is InChI=1S/C26H24N6O/c1-17-8-4-5-9-19(17)15-32-16-20(13-28-32)29-26(33)22-12-25(23-14-27-31(3)18(23)2)30-24-11-7-6-10-21(22)24/h4-14,16H,15H2,1-3H3,(H,29,33). The Bertz CT molecular complexity index is 1480. The SMILES string of the molecule is Cc1ccccc1Cn1cc(NC(=O)c2cc(-c3cnn(C)c3C)nc3ccccc23)cn1. The second-order valence-corrected chi connectivity index (χ2v) is 8.15. The zero-order valence-electron chi connectivity index (χ0n) is 18.8. The molecule has 1 amide bonds. The van der Waals surface area contributed by atoms with E-state index >= 15 is 0 Å². The molecule has 1 N–H and O–H groups in total. The first-order chi connectivity index (χ1) is 16.0. The molecule has 7 heteroatoms. The van der Waals surface area contributed by atoms with Crippen molar-refractivity contribution in [1.29, 1.82) is 0 Å². The fraction of sp³-hybridized carbons (Fsp3) is 0.154. The topological polar surface area (TPSA) is 77.6 Å². The van der Waals surface area contributed by atoms with Crippen LogP contribution in [0.1, 0.15) is 27.2 Å². The number of anilines is 1. The number of hydrogen-bond acceptors (Lipinski definition) is 4. The highest BCUT2D eigenvalue weighted by Gasteiger charge is 2.17. The van der Waals surface area contributed by atoms with Gasteiger partial charge < -0.3 is 5.32 Å². The molecule has 0 aliphatic heterocycles. The van der Waals surface area contributed by atoms with Crippen LogP contribution in [0.15, 0.2) is 73.2 Å². The number of benzene rings is 2. The molecule has 164 valence electrons. The van der Waals surface area contributed by atoms with Gasteiger partial charge in [-0.15, -0.1) is 0 Å². The molecular formula is C26H24N6O. The average molecular weight is 437 g/mol. The third-order valence-corrected chi connectivity index (χ3v) is 5.96. The van der Waals surface area contributed by atoms with E-state index in [0.29, 0.717) is 17.8 Å². The molecule has 7 nitrogen and oxygen atoms in total. The summed E-state index contributed by atoms with van der Waals surface area (Å²) in [4.78, 5) is 18.1. The summed E-state index contributed by atoms with van der Waals surface area (Å²) in [5.41, 5.74) is 6.98. The molecule has 0 aliphatic rings. The van der Waals surface area contributed by atoms with Gasteiger partial charge >= 0.3 is 0 Å². The molecule has 3 aromatic heterocycles. The zero-order valence-corrected chi connectivity index (χ0v) is 18.8. The first kappa shape index (κ1) is 20.6. The van der Waals surface area contributed by atoms with Gasteiger partial charge in [-0.25, -0.2) is 4.98 Å². The van der Waals surface area contributed by atoms with Gasteiger partial charge in [0.25, 0.3) is 5.91 Å². The van der Waals surface area contributed by atoms with Crippen molar-refractivity contribution >= 4 is 22.5 Å². The smallest absolute Gasteiger partial charge is 0.256 e. The minimum atomic E-state index is -0.202. The van der Waals surface area contributed by atoms with Crippen molar-refractivity contribution in [2.75, 3.05) is 5.32 Å². The number of aryl methyl sites for hydroxylation is 2. The summed E-state index contributed by atoms with van der Waals surface area (Å²) in [6.07, 6.45) is 5.30. The van der Waals surface area contributed by atoms with Crippen molar-refractivity contribution in [1.82, 2.24) is 24.5 Å². The number of pyridine rings is 1. The maximum absolute atomic E-state index is 13.3. The Balaban J connectivity index is 1.46. The molecule has 5 aromatic rings. The number of para-hydroxylation sites is 1. The van der Waals surface area contributed by atoms with E-state index in [-0.39, 0.29) is 5.91 Å². The number of rotatable bonds is 5. The normalized spacial score (nSPS) is 11.1. The van der Waals surface area contributed by atoms with Gasteiger partial charge in [0.05, 0.1) is 41.4 Å². The highest BCUT2D eigenvalue weighted by atomic mass is 16.1. The van der Waals surface area contributed by atoms with Gasteiger partial charge in [0.1, 0.15) is 0 Å². The van der Waals surface area contributed by atoms with Crippen molar-refractivity contribution in [3.63, 3.8) is 0 Å². The van der Waals surface area contributed by atoms with E-state index in [1.807, 2.05) is 67.3 Å². The molecule has 0 bridgehead atoms. The van der Waals surface area contributed by atoms with E-state index < -0.39 is 0 Å². The fourth-order valence-electron chi connectivity index (χ4n) is 3.93. The van der Waals surface area contributed by atoms with Crippen LogP contribution in [-0.2, 0) is 13.6 Å².